The number of hydrogen-bond acceptors (Lipinski definition) is 6. The molecule has 4 rings (SSSR count). The Morgan fingerprint density at radius 2 is 1.76 bits per heavy atom. The van der Waals surface area contributed by atoms with Gasteiger partial charge in [0, 0.05) is 43.9 Å². The van der Waals surface area contributed by atoms with Crippen molar-refractivity contribution in [2.24, 2.45) is 0 Å². The number of rotatable bonds is 4. The molecule has 0 saturated carbocycles. The lowest BCUT2D eigenvalue weighted by molar-refractivity contribution is -0.384. The van der Waals surface area contributed by atoms with Crippen LogP contribution in [-0.2, 0) is 6.54 Å². The van der Waals surface area contributed by atoms with Gasteiger partial charge >= 0.3 is 0 Å². The highest BCUT2D eigenvalue weighted by molar-refractivity contribution is 5.94. The summed E-state index contributed by atoms with van der Waals surface area (Å²) in [5.41, 5.74) is 0.906. The highest BCUT2D eigenvalue weighted by Gasteiger charge is 2.23. The fourth-order valence-electron chi connectivity index (χ4n) is 3.44. The average molecular weight is 393 g/mol. The zero-order valence-electron chi connectivity index (χ0n) is 15.6. The van der Waals surface area contributed by atoms with Gasteiger partial charge in [0.05, 0.1) is 22.4 Å². The summed E-state index contributed by atoms with van der Waals surface area (Å²) in [5.74, 6) is 0.459. The van der Waals surface area contributed by atoms with Crippen molar-refractivity contribution in [3.05, 3.63) is 80.4 Å². The van der Waals surface area contributed by atoms with E-state index in [1.54, 1.807) is 17.0 Å². The van der Waals surface area contributed by atoms with E-state index in [2.05, 4.69) is 14.9 Å². The van der Waals surface area contributed by atoms with E-state index >= 15 is 0 Å². The SMILES string of the molecule is O=C(c1ccc([N+](=O)[O-])cc1)N1CCN(Cc2nc3ccccc3c(=O)[nH]2)CC1. The molecule has 0 spiro atoms. The number of benzene rings is 2. The van der Waals surface area contributed by atoms with E-state index in [9.17, 15) is 19.7 Å². The first-order valence-electron chi connectivity index (χ1n) is 9.25. The van der Waals surface area contributed by atoms with Crippen LogP contribution in [0.1, 0.15) is 16.2 Å². The summed E-state index contributed by atoms with van der Waals surface area (Å²) in [4.78, 5) is 46.3. The number of fused-ring (bicyclic) bond motifs is 1. The second kappa shape index (κ2) is 7.80. The number of amides is 1. The number of nitrogens with zero attached hydrogens (tertiary/aromatic N) is 4. The van der Waals surface area contributed by atoms with E-state index in [1.165, 1.54) is 24.3 Å². The van der Waals surface area contributed by atoms with Crippen LogP contribution in [-0.4, -0.2) is 56.8 Å². The predicted octanol–water partition coefficient (Wildman–Crippen LogP) is 1.79. The maximum absolute atomic E-state index is 12.6. The number of carbonyl (C=O) groups is 1. The van der Waals surface area contributed by atoms with Crippen molar-refractivity contribution >= 4 is 22.5 Å². The van der Waals surface area contributed by atoms with Crippen molar-refractivity contribution in [2.45, 2.75) is 6.54 Å². The van der Waals surface area contributed by atoms with Crippen LogP contribution >= 0.6 is 0 Å². The molecule has 1 amide bonds. The molecule has 0 bridgehead atoms. The first-order chi connectivity index (χ1) is 14.0. The summed E-state index contributed by atoms with van der Waals surface area (Å²) in [7, 11) is 0. The Morgan fingerprint density at radius 1 is 1.07 bits per heavy atom. The van der Waals surface area contributed by atoms with Crippen LogP contribution in [0.15, 0.2) is 53.3 Å². The van der Waals surface area contributed by atoms with Gasteiger partial charge in [-0.25, -0.2) is 4.98 Å². The quantitative estimate of drug-likeness (QED) is 0.534. The maximum atomic E-state index is 12.6. The number of aromatic amines is 1. The van der Waals surface area contributed by atoms with E-state index in [0.29, 0.717) is 55.0 Å². The summed E-state index contributed by atoms with van der Waals surface area (Å²) in [6, 6.07) is 12.9. The van der Waals surface area contributed by atoms with Gasteiger partial charge in [-0.05, 0) is 24.3 Å². The molecule has 0 unspecified atom stereocenters. The van der Waals surface area contributed by atoms with Gasteiger partial charge in [0.25, 0.3) is 17.2 Å². The topological polar surface area (TPSA) is 112 Å². The number of nitrogens with one attached hydrogen (secondary N) is 1. The van der Waals surface area contributed by atoms with E-state index in [4.69, 9.17) is 0 Å². The molecule has 2 heterocycles. The molecule has 3 aromatic rings. The van der Waals surface area contributed by atoms with Crippen molar-refractivity contribution in [3.63, 3.8) is 0 Å². The lowest BCUT2D eigenvalue weighted by Gasteiger charge is -2.34. The van der Waals surface area contributed by atoms with Gasteiger partial charge in [-0.3, -0.25) is 24.6 Å². The number of aromatic nitrogens is 2. The minimum Gasteiger partial charge on any atom is -0.336 e. The summed E-state index contributed by atoms with van der Waals surface area (Å²) < 4.78 is 0. The fourth-order valence-corrected chi connectivity index (χ4v) is 3.44. The largest absolute Gasteiger partial charge is 0.336 e. The first-order valence-corrected chi connectivity index (χ1v) is 9.25. The third kappa shape index (κ3) is 3.99. The second-order valence-electron chi connectivity index (χ2n) is 6.90. The molecule has 9 nitrogen and oxygen atoms in total. The van der Waals surface area contributed by atoms with Crippen molar-refractivity contribution in [2.75, 3.05) is 26.2 Å². The highest BCUT2D eigenvalue weighted by Crippen LogP contribution is 2.15. The number of nitro benzene ring substituents is 1. The average Bonchev–Trinajstić information content (AvgIpc) is 2.74. The normalized spacial score (nSPS) is 14.8. The summed E-state index contributed by atoms with van der Waals surface area (Å²) >= 11 is 0. The van der Waals surface area contributed by atoms with Crippen LogP contribution in [0.25, 0.3) is 10.9 Å². The second-order valence-corrected chi connectivity index (χ2v) is 6.90. The van der Waals surface area contributed by atoms with E-state index in [-0.39, 0.29) is 17.2 Å². The molecular formula is C20H19N5O4. The van der Waals surface area contributed by atoms with E-state index < -0.39 is 4.92 Å². The molecule has 1 fully saturated rings. The smallest absolute Gasteiger partial charge is 0.269 e. The third-order valence-corrected chi connectivity index (χ3v) is 5.02. The number of piperazine rings is 1. The van der Waals surface area contributed by atoms with Gasteiger partial charge in [0.15, 0.2) is 0 Å². The number of hydrogen-bond donors (Lipinski definition) is 1. The van der Waals surface area contributed by atoms with Crippen LogP contribution in [0.2, 0.25) is 0 Å². The highest BCUT2D eigenvalue weighted by atomic mass is 16.6. The summed E-state index contributed by atoms with van der Waals surface area (Å²) in [6.07, 6.45) is 0. The number of nitro groups is 1. The Bertz CT molecular complexity index is 1120. The van der Waals surface area contributed by atoms with Crippen molar-refractivity contribution in [1.82, 2.24) is 19.8 Å². The number of H-pyrrole nitrogens is 1. The molecule has 0 aliphatic carbocycles. The number of carbonyl (C=O) groups excluding carboxylic acids is 1. The Hall–Kier alpha value is -3.59. The van der Waals surface area contributed by atoms with Gasteiger partial charge in [-0.2, -0.15) is 0 Å². The molecule has 148 valence electrons. The van der Waals surface area contributed by atoms with E-state index in [1.807, 2.05) is 12.1 Å². The minimum atomic E-state index is -0.488. The van der Waals surface area contributed by atoms with Crippen LogP contribution in [0.3, 0.4) is 0 Å². The van der Waals surface area contributed by atoms with Gasteiger partial charge in [-0.15, -0.1) is 0 Å². The standard InChI is InChI=1S/C20H19N5O4/c26-19-16-3-1-2-4-17(16)21-18(22-19)13-23-9-11-24(12-10-23)20(27)14-5-7-15(8-6-14)25(28)29/h1-8H,9-13H2,(H,21,22,26). The first kappa shape index (κ1) is 18.8. The fraction of sp³-hybridized carbons (Fsp3) is 0.250. The Balaban J connectivity index is 1.38. The van der Waals surface area contributed by atoms with Crippen LogP contribution in [0, 0.1) is 10.1 Å². The molecule has 1 saturated heterocycles. The van der Waals surface area contributed by atoms with Crippen molar-refractivity contribution < 1.29 is 9.72 Å². The van der Waals surface area contributed by atoms with Crippen LogP contribution in [0.4, 0.5) is 5.69 Å². The molecule has 0 radical (unpaired) electrons. The zero-order chi connectivity index (χ0) is 20.4. The molecule has 1 N–H and O–H groups in total. The van der Waals surface area contributed by atoms with Crippen LogP contribution < -0.4 is 5.56 Å². The monoisotopic (exact) mass is 393 g/mol. The minimum absolute atomic E-state index is 0.0387. The molecule has 29 heavy (non-hydrogen) atoms. The third-order valence-electron chi connectivity index (χ3n) is 5.02. The maximum Gasteiger partial charge on any atom is 0.269 e. The van der Waals surface area contributed by atoms with Gasteiger partial charge < -0.3 is 9.88 Å². The molecule has 1 aromatic heterocycles. The lowest BCUT2D eigenvalue weighted by atomic mass is 10.1. The Labute approximate surface area is 165 Å². The number of para-hydroxylation sites is 1. The summed E-state index contributed by atoms with van der Waals surface area (Å²) in [6.45, 7) is 2.87. The van der Waals surface area contributed by atoms with Crippen molar-refractivity contribution in [3.8, 4) is 0 Å². The zero-order valence-corrected chi connectivity index (χ0v) is 15.6. The number of non-ortho nitro benzene ring substituents is 1. The molecule has 1 aliphatic rings. The molecule has 1 aliphatic heterocycles. The van der Waals surface area contributed by atoms with Gasteiger partial charge in [0.2, 0.25) is 0 Å². The Kier molecular flexibility index (Phi) is 5.05. The molecular weight excluding hydrogens is 374 g/mol. The predicted molar refractivity (Wildman–Crippen MR) is 107 cm³/mol. The summed E-state index contributed by atoms with van der Waals surface area (Å²) in [5, 5.41) is 11.3. The van der Waals surface area contributed by atoms with E-state index in [0.717, 1.165) is 0 Å². The molecule has 2 aromatic carbocycles. The molecule has 9 heteroatoms. The van der Waals surface area contributed by atoms with Crippen molar-refractivity contribution in [1.29, 1.82) is 0 Å². The van der Waals surface area contributed by atoms with Crippen LogP contribution in [0.5, 0.6) is 0 Å². The molecule has 0 atom stereocenters. The lowest BCUT2D eigenvalue weighted by Crippen LogP contribution is -2.48. The van der Waals surface area contributed by atoms with Gasteiger partial charge in [0.1, 0.15) is 5.82 Å². The van der Waals surface area contributed by atoms with Gasteiger partial charge in [-0.1, -0.05) is 12.1 Å². The Morgan fingerprint density at radius 3 is 2.45 bits per heavy atom.